The number of rotatable bonds is 2. The van der Waals surface area contributed by atoms with Crippen molar-refractivity contribution in [3.63, 3.8) is 0 Å². The third-order valence-corrected chi connectivity index (χ3v) is 3.73. The highest BCUT2D eigenvalue weighted by atomic mass is 15.4. The predicted octanol–water partition coefficient (Wildman–Crippen LogP) is 1.31. The molecule has 0 aliphatic heterocycles. The molecule has 2 rings (SSSR count). The standard InChI is InChI=1S/C11H20N4/c1-8-4-5-9(12-2)6-10(8)11-7-13-14-15(11)3/h7-10,12H,4-6H2,1-3H3. The van der Waals surface area contributed by atoms with Gasteiger partial charge in [0, 0.05) is 19.0 Å². The Morgan fingerprint density at radius 2 is 2.27 bits per heavy atom. The molecule has 4 heteroatoms. The largest absolute Gasteiger partial charge is 0.317 e. The van der Waals surface area contributed by atoms with Gasteiger partial charge in [-0.25, -0.2) is 0 Å². The summed E-state index contributed by atoms with van der Waals surface area (Å²) in [5.74, 6) is 1.35. The smallest absolute Gasteiger partial charge is 0.0728 e. The molecule has 1 saturated carbocycles. The van der Waals surface area contributed by atoms with Crippen LogP contribution in [-0.2, 0) is 7.05 Å². The van der Waals surface area contributed by atoms with Crippen LogP contribution in [0.3, 0.4) is 0 Å². The fourth-order valence-electron chi connectivity index (χ4n) is 2.63. The van der Waals surface area contributed by atoms with Crippen molar-refractivity contribution in [1.82, 2.24) is 20.3 Å². The third-order valence-electron chi connectivity index (χ3n) is 3.73. The Balaban J connectivity index is 2.16. The van der Waals surface area contributed by atoms with Crippen molar-refractivity contribution in [2.24, 2.45) is 13.0 Å². The minimum Gasteiger partial charge on any atom is -0.317 e. The van der Waals surface area contributed by atoms with Crippen molar-refractivity contribution in [2.75, 3.05) is 7.05 Å². The predicted molar refractivity (Wildman–Crippen MR) is 59.6 cm³/mol. The van der Waals surface area contributed by atoms with Gasteiger partial charge in [0.15, 0.2) is 0 Å². The van der Waals surface area contributed by atoms with Crippen molar-refractivity contribution < 1.29 is 0 Å². The Labute approximate surface area is 91.1 Å². The molecule has 1 aromatic rings. The summed E-state index contributed by atoms with van der Waals surface area (Å²) in [6, 6.07) is 0.654. The van der Waals surface area contributed by atoms with Gasteiger partial charge in [0.05, 0.1) is 11.9 Å². The van der Waals surface area contributed by atoms with Crippen LogP contribution in [0.15, 0.2) is 6.20 Å². The quantitative estimate of drug-likeness (QED) is 0.796. The lowest BCUT2D eigenvalue weighted by Crippen LogP contribution is -2.34. The van der Waals surface area contributed by atoms with Gasteiger partial charge in [0.25, 0.3) is 0 Å². The molecule has 0 bridgehead atoms. The van der Waals surface area contributed by atoms with Crippen molar-refractivity contribution >= 4 is 0 Å². The molecule has 1 aliphatic carbocycles. The summed E-state index contributed by atoms with van der Waals surface area (Å²) < 4.78 is 1.92. The lowest BCUT2D eigenvalue weighted by atomic mass is 9.76. The van der Waals surface area contributed by atoms with Crippen LogP contribution in [0.25, 0.3) is 0 Å². The van der Waals surface area contributed by atoms with E-state index in [2.05, 4.69) is 29.6 Å². The molecule has 1 fully saturated rings. The van der Waals surface area contributed by atoms with Crippen molar-refractivity contribution in [1.29, 1.82) is 0 Å². The molecule has 1 heterocycles. The van der Waals surface area contributed by atoms with Crippen LogP contribution in [0.4, 0.5) is 0 Å². The maximum Gasteiger partial charge on any atom is 0.0728 e. The van der Waals surface area contributed by atoms with E-state index in [0.29, 0.717) is 12.0 Å². The molecule has 0 amide bonds. The summed E-state index contributed by atoms with van der Waals surface area (Å²) in [5.41, 5.74) is 1.28. The van der Waals surface area contributed by atoms with E-state index in [0.717, 1.165) is 5.92 Å². The lowest BCUT2D eigenvalue weighted by molar-refractivity contribution is 0.268. The molecule has 0 spiro atoms. The summed E-state index contributed by atoms with van der Waals surface area (Å²) in [5, 5.41) is 11.4. The van der Waals surface area contributed by atoms with Crippen molar-refractivity contribution in [2.45, 2.75) is 38.1 Å². The zero-order valence-electron chi connectivity index (χ0n) is 9.77. The Morgan fingerprint density at radius 1 is 1.47 bits per heavy atom. The Morgan fingerprint density at radius 3 is 2.87 bits per heavy atom. The lowest BCUT2D eigenvalue weighted by Gasteiger charge is -2.33. The molecule has 1 aromatic heterocycles. The highest BCUT2D eigenvalue weighted by molar-refractivity contribution is 5.07. The first kappa shape index (κ1) is 10.6. The fourth-order valence-corrected chi connectivity index (χ4v) is 2.63. The van der Waals surface area contributed by atoms with E-state index in [1.807, 2.05) is 17.9 Å². The molecule has 84 valence electrons. The summed E-state index contributed by atoms with van der Waals surface area (Å²) >= 11 is 0. The average molecular weight is 208 g/mol. The summed E-state index contributed by atoms with van der Waals surface area (Å²) in [6.07, 6.45) is 5.71. The molecule has 0 radical (unpaired) electrons. The van der Waals surface area contributed by atoms with E-state index in [4.69, 9.17) is 0 Å². The topological polar surface area (TPSA) is 42.7 Å². The SMILES string of the molecule is CNC1CCC(C)C(c2cnnn2C)C1. The van der Waals surface area contributed by atoms with Gasteiger partial charge < -0.3 is 5.32 Å². The van der Waals surface area contributed by atoms with E-state index < -0.39 is 0 Å². The molecule has 0 aromatic carbocycles. The first-order valence-corrected chi connectivity index (χ1v) is 5.74. The number of nitrogens with one attached hydrogen (secondary N) is 1. The number of aryl methyl sites for hydroxylation is 1. The van der Waals surface area contributed by atoms with Crippen molar-refractivity contribution in [3.05, 3.63) is 11.9 Å². The zero-order valence-corrected chi connectivity index (χ0v) is 9.77. The highest BCUT2D eigenvalue weighted by Gasteiger charge is 2.30. The monoisotopic (exact) mass is 208 g/mol. The summed E-state index contributed by atoms with van der Waals surface area (Å²) in [6.45, 7) is 2.34. The maximum atomic E-state index is 4.02. The number of hydrogen-bond acceptors (Lipinski definition) is 3. The van der Waals surface area contributed by atoms with Gasteiger partial charge in [0.1, 0.15) is 0 Å². The van der Waals surface area contributed by atoms with Gasteiger partial charge in [-0.1, -0.05) is 12.1 Å². The number of hydrogen-bond donors (Lipinski definition) is 1. The van der Waals surface area contributed by atoms with E-state index in [-0.39, 0.29) is 0 Å². The average Bonchev–Trinajstić information content (AvgIpc) is 2.65. The second-order valence-corrected chi connectivity index (χ2v) is 4.66. The minimum absolute atomic E-state index is 0.608. The van der Waals surface area contributed by atoms with Gasteiger partial charge in [-0.3, -0.25) is 4.68 Å². The van der Waals surface area contributed by atoms with Crippen LogP contribution >= 0.6 is 0 Å². The molecule has 3 unspecified atom stereocenters. The molecule has 4 nitrogen and oxygen atoms in total. The van der Waals surface area contributed by atoms with Gasteiger partial charge in [-0.05, 0) is 32.2 Å². The highest BCUT2D eigenvalue weighted by Crippen LogP contribution is 2.36. The van der Waals surface area contributed by atoms with E-state index in [9.17, 15) is 0 Å². The van der Waals surface area contributed by atoms with E-state index >= 15 is 0 Å². The van der Waals surface area contributed by atoms with E-state index in [1.165, 1.54) is 25.0 Å². The molecule has 0 saturated heterocycles. The van der Waals surface area contributed by atoms with Crippen LogP contribution < -0.4 is 5.32 Å². The Bertz CT molecular complexity index is 320. The number of nitrogens with zero attached hydrogens (tertiary/aromatic N) is 3. The van der Waals surface area contributed by atoms with E-state index in [1.54, 1.807) is 0 Å². The van der Waals surface area contributed by atoms with Crippen LogP contribution in [0.2, 0.25) is 0 Å². The molecule has 3 atom stereocenters. The Kier molecular flexibility index (Phi) is 3.05. The van der Waals surface area contributed by atoms with Gasteiger partial charge in [-0.15, -0.1) is 5.10 Å². The Hall–Kier alpha value is -0.900. The molecular formula is C11H20N4. The second kappa shape index (κ2) is 4.31. The van der Waals surface area contributed by atoms with Crippen LogP contribution in [0.1, 0.15) is 37.8 Å². The minimum atomic E-state index is 0.608. The first-order valence-electron chi connectivity index (χ1n) is 5.74. The zero-order chi connectivity index (χ0) is 10.8. The molecular weight excluding hydrogens is 188 g/mol. The van der Waals surface area contributed by atoms with Crippen LogP contribution in [0, 0.1) is 5.92 Å². The molecule has 1 N–H and O–H groups in total. The summed E-state index contributed by atoms with van der Waals surface area (Å²) in [7, 11) is 4.04. The summed E-state index contributed by atoms with van der Waals surface area (Å²) in [4.78, 5) is 0. The molecule has 1 aliphatic rings. The van der Waals surface area contributed by atoms with Gasteiger partial charge >= 0.3 is 0 Å². The maximum absolute atomic E-state index is 4.02. The van der Waals surface area contributed by atoms with Crippen LogP contribution in [0.5, 0.6) is 0 Å². The third kappa shape index (κ3) is 2.04. The van der Waals surface area contributed by atoms with Gasteiger partial charge in [0.2, 0.25) is 0 Å². The normalized spacial score (nSPS) is 31.8. The fraction of sp³-hybridized carbons (Fsp3) is 0.818. The number of aromatic nitrogens is 3. The first-order chi connectivity index (χ1) is 7.22. The molecule has 15 heavy (non-hydrogen) atoms. The van der Waals surface area contributed by atoms with Crippen LogP contribution in [-0.4, -0.2) is 28.1 Å². The van der Waals surface area contributed by atoms with Gasteiger partial charge in [-0.2, -0.15) is 0 Å². The van der Waals surface area contributed by atoms with Crippen molar-refractivity contribution in [3.8, 4) is 0 Å². The second-order valence-electron chi connectivity index (χ2n) is 4.66.